The minimum Gasteiger partial charge on any atom is -0.352 e. The van der Waals surface area contributed by atoms with E-state index < -0.39 is 0 Å². The highest BCUT2D eigenvalue weighted by atomic mass is 16.2. The number of rotatable bonds is 4. The van der Waals surface area contributed by atoms with Gasteiger partial charge in [-0.3, -0.25) is 0 Å². The molecule has 0 bridgehead atoms. The molecule has 0 saturated heterocycles. The molecule has 0 radical (unpaired) electrons. The number of urea groups is 1. The molecule has 1 aliphatic rings. The molecule has 3 N–H and O–H groups in total. The molecule has 0 aliphatic heterocycles. The van der Waals surface area contributed by atoms with E-state index in [1.54, 1.807) is 0 Å². The van der Waals surface area contributed by atoms with E-state index in [4.69, 9.17) is 5.73 Å². The molecule has 14 heavy (non-hydrogen) atoms. The first-order valence-corrected chi connectivity index (χ1v) is 5.60. The summed E-state index contributed by atoms with van der Waals surface area (Å²) in [6, 6.07) is -0.0451. The summed E-state index contributed by atoms with van der Waals surface area (Å²) in [5.41, 5.74) is 5.07. The summed E-state index contributed by atoms with van der Waals surface area (Å²) in [4.78, 5) is 10.6. The monoisotopic (exact) mass is 198 g/mol. The number of hydrogen-bond donors (Lipinski definition) is 2. The molecule has 82 valence electrons. The topological polar surface area (TPSA) is 55.1 Å². The van der Waals surface area contributed by atoms with Crippen molar-refractivity contribution in [3.05, 3.63) is 0 Å². The molecular weight excluding hydrogens is 176 g/mol. The number of primary amides is 1. The Kier molecular flexibility index (Phi) is 3.78. The molecule has 0 aromatic carbocycles. The van der Waals surface area contributed by atoms with Crippen LogP contribution in [0.4, 0.5) is 4.79 Å². The molecule has 1 aliphatic carbocycles. The van der Waals surface area contributed by atoms with Crippen molar-refractivity contribution in [2.24, 2.45) is 23.5 Å². The molecule has 0 aromatic rings. The van der Waals surface area contributed by atoms with Crippen LogP contribution in [0.25, 0.3) is 0 Å². The number of nitrogens with two attached hydrogens (primary N) is 1. The Bertz CT molecular complexity index is 197. The molecule has 0 spiro atoms. The van der Waals surface area contributed by atoms with E-state index in [9.17, 15) is 4.79 Å². The Morgan fingerprint density at radius 1 is 1.50 bits per heavy atom. The molecule has 1 rings (SSSR count). The third kappa shape index (κ3) is 2.63. The van der Waals surface area contributed by atoms with Crippen LogP contribution in [-0.2, 0) is 0 Å². The van der Waals surface area contributed by atoms with Gasteiger partial charge in [-0.25, -0.2) is 4.79 Å². The molecule has 0 aromatic heterocycles. The van der Waals surface area contributed by atoms with Gasteiger partial charge in [0.25, 0.3) is 0 Å². The lowest BCUT2D eigenvalue weighted by molar-refractivity contribution is 0.118. The summed E-state index contributed by atoms with van der Waals surface area (Å²) in [7, 11) is 0. The van der Waals surface area contributed by atoms with Gasteiger partial charge in [-0.1, -0.05) is 27.2 Å². The van der Waals surface area contributed by atoms with Crippen LogP contribution in [-0.4, -0.2) is 12.1 Å². The minimum absolute atomic E-state index is 0.338. The van der Waals surface area contributed by atoms with Crippen molar-refractivity contribution in [2.45, 2.75) is 46.1 Å². The van der Waals surface area contributed by atoms with E-state index in [0.29, 0.717) is 6.04 Å². The third-order valence-corrected chi connectivity index (χ3v) is 3.45. The van der Waals surface area contributed by atoms with Crippen LogP contribution in [0.1, 0.15) is 40.0 Å². The summed E-state index contributed by atoms with van der Waals surface area (Å²) >= 11 is 0. The van der Waals surface area contributed by atoms with E-state index >= 15 is 0 Å². The first-order chi connectivity index (χ1) is 6.54. The van der Waals surface area contributed by atoms with E-state index in [-0.39, 0.29) is 6.03 Å². The van der Waals surface area contributed by atoms with Crippen LogP contribution in [0.2, 0.25) is 0 Å². The smallest absolute Gasteiger partial charge is 0.312 e. The van der Waals surface area contributed by atoms with Crippen molar-refractivity contribution >= 4 is 6.03 Å². The van der Waals surface area contributed by atoms with Crippen molar-refractivity contribution in [1.82, 2.24) is 5.32 Å². The lowest BCUT2D eigenvalue weighted by atomic mass is 9.68. The van der Waals surface area contributed by atoms with Crippen molar-refractivity contribution in [3.63, 3.8) is 0 Å². The summed E-state index contributed by atoms with van der Waals surface area (Å²) in [6.45, 7) is 6.81. The van der Waals surface area contributed by atoms with Crippen molar-refractivity contribution in [1.29, 1.82) is 0 Å². The van der Waals surface area contributed by atoms with Crippen LogP contribution in [0, 0.1) is 17.8 Å². The number of carbonyl (C=O) groups excluding carboxylic acids is 1. The zero-order valence-electron chi connectivity index (χ0n) is 9.42. The van der Waals surface area contributed by atoms with Gasteiger partial charge >= 0.3 is 6.03 Å². The van der Waals surface area contributed by atoms with Gasteiger partial charge in [-0.2, -0.15) is 0 Å². The third-order valence-electron chi connectivity index (χ3n) is 3.45. The first kappa shape index (κ1) is 11.3. The number of carbonyl (C=O) groups is 1. The Labute approximate surface area is 86.4 Å². The maximum Gasteiger partial charge on any atom is 0.312 e. The second-order valence-electron chi connectivity index (χ2n) is 4.75. The fraction of sp³-hybridized carbons (Fsp3) is 0.909. The highest BCUT2D eigenvalue weighted by Gasteiger charge is 2.35. The van der Waals surface area contributed by atoms with Gasteiger partial charge in [0, 0.05) is 6.04 Å². The summed E-state index contributed by atoms with van der Waals surface area (Å²) in [5.74, 6) is 2.34. The van der Waals surface area contributed by atoms with Crippen LogP contribution in [0.15, 0.2) is 0 Å². The zero-order valence-corrected chi connectivity index (χ0v) is 9.42. The summed E-state index contributed by atoms with van der Waals surface area (Å²) < 4.78 is 0. The van der Waals surface area contributed by atoms with E-state index in [0.717, 1.165) is 30.6 Å². The maximum atomic E-state index is 10.6. The fourth-order valence-electron chi connectivity index (χ4n) is 2.68. The minimum atomic E-state index is -0.383. The van der Waals surface area contributed by atoms with E-state index in [2.05, 4.69) is 26.1 Å². The Morgan fingerprint density at radius 2 is 2.07 bits per heavy atom. The molecule has 1 atom stereocenters. The predicted octanol–water partition coefficient (Wildman–Crippen LogP) is 2.12. The molecule has 2 amide bonds. The second-order valence-corrected chi connectivity index (χ2v) is 4.75. The number of amides is 2. The SMILES string of the molecule is CCC(C(C)C)C1CC(NC(N)=O)C1. The van der Waals surface area contributed by atoms with E-state index in [1.807, 2.05) is 0 Å². The second kappa shape index (κ2) is 4.67. The van der Waals surface area contributed by atoms with Gasteiger partial charge < -0.3 is 11.1 Å². The Hall–Kier alpha value is -0.730. The van der Waals surface area contributed by atoms with Crippen LogP contribution >= 0.6 is 0 Å². The fourth-order valence-corrected chi connectivity index (χ4v) is 2.68. The lowest BCUT2D eigenvalue weighted by Crippen LogP contribution is -2.48. The van der Waals surface area contributed by atoms with Gasteiger partial charge in [0.2, 0.25) is 0 Å². The van der Waals surface area contributed by atoms with Gasteiger partial charge in [-0.15, -0.1) is 0 Å². The number of hydrogen-bond acceptors (Lipinski definition) is 1. The predicted molar refractivity (Wildman–Crippen MR) is 57.9 cm³/mol. The van der Waals surface area contributed by atoms with Gasteiger partial charge in [0.05, 0.1) is 0 Å². The number of nitrogens with one attached hydrogen (secondary N) is 1. The quantitative estimate of drug-likeness (QED) is 0.714. The van der Waals surface area contributed by atoms with Gasteiger partial charge in [0.1, 0.15) is 0 Å². The molecule has 0 heterocycles. The zero-order chi connectivity index (χ0) is 10.7. The summed E-state index contributed by atoms with van der Waals surface area (Å²) in [6.07, 6.45) is 3.46. The molecular formula is C11H22N2O. The van der Waals surface area contributed by atoms with Gasteiger partial charge in [0.15, 0.2) is 0 Å². The Morgan fingerprint density at radius 3 is 2.43 bits per heavy atom. The van der Waals surface area contributed by atoms with Crippen molar-refractivity contribution < 1.29 is 4.79 Å². The Balaban J connectivity index is 2.28. The summed E-state index contributed by atoms with van der Waals surface area (Å²) in [5, 5.41) is 2.77. The average molecular weight is 198 g/mol. The first-order valence-electron chi connectivity index (χ1n) is 5.60. The van der Waals surface area contributed by atoms with E-state index in [1.165, 1.54) is 6.42 Å². The maximum absolute atomic E-state index is 10.6. The molecule has 1 saturated carbocycles. The average Bonchev–Trinajstić information content (AvgIpc) is 1.99. The van der Waals surface area contributed by atoms with Crippen molar-refractivity contribution in [2.75, 3.05) is 0 Å². The molecule has 1 fully saturated rings. The van der Waals surface area contributed by atoms with Gasteiger partial charge in [-0.05, 0) is 30.6 Å². The lowest BCUT2D eigenvalue weighted by Gasteiger charge is -2.42. The molecule has 3 nitrogen and oxygen atoms in total. The highest BCUT2D eigenvalue weighted by Crippen LogP contribution is 2.39. The largest absolute Gasteiger partial charge is 0.352 e. The molecule has 1 unspecified atom stereocenters. The standard InChI is InChI=1S/C11H22N2O/c1-4-10(7(2)3)8-5-9(6-8)13-11(12)14/h7-10H,4-6H2,1-3H3,(H3,12,13,14). The van der Waals surface area contributed by atoms with Crippen LogP contribution in [0.5, 0.6) is 0 Å². The highest BCUT2D eigenvalue weighted by molar-refractivity contribution is 5.72. The van der Waals surface area contributed by atoms with Crippen LogP contribution in [0.3, 0.4) is 0 Å². The van der Waals surface area contributed by atoms with Crippen molar-refractivity contribution in [3.8, 4) is 0 Å². The normalized spacial score (nSPS) is 28.3. The molecule has 3 heteroatoms. The van der Waals surface area contributed by atoms with Crippen LogP contribution < -0.4 is 11.1 Å².